The molecular formula is C23H20O4S. The topological polar surface area (TPSA) is 55.8 Å². The summed E-state index contributed by atoms with van der Waals surface area (Å²) in [5.41, 5.74) is 2.55. The Morgan fingerprint density at radius 2 is 1.54 bits per heavy atom. The van der Waals surface area contributed by atoms with Gasteiger partial charge in [0.05, 0.1) is 0 Å². The molecule has 1 N–H and O–H groups in total. The number of carboxylic acids is 1. The Balaban J connectivity index is 1.49. The number of hydrogen-bond acceptors (Lipinski definition) is 4. The number of ether oxygens (including phenoxy) is 2. The standard InChI is InChI=1S/C23H20O4S/c24-22(25)23(26-17-6-2-1-3-7-17)27-18-12-10-16(11-13-18)19-14-15-28-21-9-5-4-8-20(19)21/h1-13,19,23H,14-15H2,(H,24,25). The zero-order valence-corrected chi connectivity index (χ0v) is 16.0. The van der Waals surface area contributed by atoms with E-state index < -0.39 is 12.3 Å². The van der Waals surface area contributed by atoms with Crippen LogP contribution in [0.4, 0.5) is 0 Å². The van der Waals surface area contributed by atoms with Crippen molar-refractivity contribution in [1.29, 1.82) is 0 Å². The van der Waals surface area contributed by atoms with E-state index in [9.17, 15) is 9.90 Å². The van der Waals surface area contributed by atoms with Gasteiger partial charge >= 0.3 is 12.3 Å². The van der Waals surface area contributed by atoms with Gasteiger partial charge in [-0.3, -0.25) is 0 Å². The quantitative estimate of drug-likeness (QED) is 0.586. The molecule has 4 nitrogen and oxygen atoms in total. The Morgan fingerprint density at radius 1 is 0.893 bits per heavy atom. The SMILES string of the molecule is O=C(O)C(Oc1ccccc1)Oc1ccc(C2CCSc3ccccc32)cc1. The molecule has 0 radical (unpaired) electrons. The van der Waals surface area contributed by atoms with Crippen LogP contribution in [0.3, 0.4) is 0 Å². The number of rotatable bonds is 6. The molecule has 142 valence electrons. The van der Waals surface area contributed by atoms with Crippen LogP contribution in [-0.2, 0) is 4.79 Å². The number of hydrogen-bond donors (Lipinski definition) is 1. The van der Waals surface area contributed by atoms with E-state index in [4.69, 9.17) is 9.47 Å². The van der Waals surface area contributed by atoms with E-state index in [1.165, 1.54) is 16.0 Å². The Morgan fingerprint density at radius 3 is 2.25 bits per heavy atom. The van der Waals surface area contributed by atoms with Crippen molar-refractivity contribution in [3.05, 3.63) is 90.0 Å². The van der Waals surface area contributed by atoms with E-state index in [1.54, 1.807) is 24.3 Å². The molecule has 0 aromatic heterocycles. The maximum atomic E-state index is 11.5. The summed E-state index contributed by atoms with van der Waals surface area (Å²) in [4.78, 5) is 12.8. The number of thioether (sulfide) groups is 1. The second-order valence-electron chi connectivity index (χ2n) is 6.52. The third kappa shape index (κ3) is 4.15. The van der Waals surface area contributed by atoms with Gasteiger partial charge in [-0.05, 0) is 53.6 Å². The van der Waals surface area contributed by atoms with E-state index in [0.29, 0.717) is 17.4 Å². The highest BCUT2D eigenvalue weighted by Crippen LogP contribution is 2.41. The fourth-order valence-electron chi connectivity index (χ4n) is 3.34. The highest BCUT2D eigenvalue weighted by molar-refractivity contribution is 7.99. The molecule has 0 saturated carbocycles. The number of aliphatic carboxylic acids is 1. The lowest BCUT2D eigenvalue weighted by Crippen LogP contribution is -2.33. The molecular weight excluding hydrogens is 372 g/mol. The van der Waals surface area contributed by atoms with Gasteiger partial charge in [0.1, 0.15) is 11.5 Å². The van der Waals surface area contributed by atoms with Gasteiger partial charge < -0.3 is 14.6 Å². The van der Waals surface area contributed by atoms with E-state index in [0.717, 1.165) is 12.2 Å². The summed E-state index contributed by atoms with van der Waals surface area (Å²) in [5.74, 6) is 1.17. The molecule has 2 atom stereocenters. The predicted octanol–water partition coefficient (Wildman–Crippen LogP) is 5.18. The Labute approximate surface area is 168 Å². The second-order valence-corrected chi connectivity index (χ2v) is 7.65. The van der Waals surface area contributed by atoms with Crippen molar-refractivity contribution in [2.24, 2.45) is 0 Å². The van der Waals surface area contributed by atoms with Crippen LogP contribution in [0.2, 0.25) is 0 Å². The first kappa shape index (κ1) is 18.4. The molecule has 0 amide bonds. The summed E-state index contributed by atoms with van der Waals surface area (Å²) in [6, 6.07) is 24.9. The zero-order valence-electron chi connectivity index (χ0n) is 15.2. The van der Waals surface area contributed by atoms with Crippen LogP contribution in [0.5, 0.6) is 11.5 Å². The van der Waals surface area contributed by atoms with Gasteiger partial charge in [0.2, 0.25) is 0 Å². The van der Waals surface area contributed by atoms with Crippen LogP contribution < -0.4 is 9.47 Å². The van der Waals surface area contributed by atoms with Gasteiger partial charge in [-0.25, -0.2) is 4.79 Å². The van der Waals surface area contributed by atoms with Crippen molar-refractivity contribution in [3.63, 3.8) is 0 Å². The maximum absolute atomic E-state index is 11.5. The molecule has 0 aliphatic carbocycles. The number of fused-ring (bicyclic) bond motifs is 1. The number of para-hydroxylation sites is 1. The minimum Gasteiger partial charge on any atom is -0.476 e. The average Bonchev–Trinajstić information content (AvgIpc) is 2.74. The van der Waals surface area contributed by atoms with E-state index in [-0.39, 0.29) is 0 Å². The molecule has 5 heteroatoms. The van der Waals surface area contributed by atoms with Crippen LogP contribution in [-0.4, -0.2) is 23.1 Å². The van der Waals surface area contributed by atoms with Gasteiger partial charge in [-0.2, -0.15) is 0 Å². The smallest absolute Gasteiger partial charge is 0.387 e. The third-order valence-corrected chi connectivity index (χ3v) is 5.79. The molecule has 2 unspecified atom stereocenters. The maximum Gasteiger partial charge on any atom is 0.387 e. The van der Waals surface area contributed by atoms with Crippen molar-refractivity contribution in [3.8, 4) is 11.5 Å². The summed E-state index contributed by atoms with van der Waals surface area (Å²) in [7, 11) is 0. The molecule has 1 aliphatic heterocycles. The van der Waals surface area contributed by atoms with Crippen molar-refractivity contribution in [2.75, 3.05) is 5.75 Å². The average molecular weight is 392 g/mol. The summed E-state index contributed by atoms with van der Waals surface area (Å²) in [6.45, 7) is 0. The summed E-state index contributed by atoms with van der Waals surface area (Å²) in [6.07, 6.45) is -0.323. The van der Waals surface area contributed by atoms with E-state index >= 15 is 0 Å². The van der Waals surface area contributed by atoms with Gasteiger partial charge in [0, 0.05) is 10.8 Å². The molecule has 0 spiro atoms. The van der Waals surface area contributed by atoms with Crippen molar-refractivity contribution >= 4 is 17.7 Å². The lowest BCUT2D eigenvalue weighted by atomic mass is 9.89. The molecule has 0 saturated heterocycles. The van der Waals surface area contributed by atoms with Gasteiger partial charge in [-0.1, -0.05) is 48.5 Å². The van der Waals surface area contributed by atoms with Gasteiger partial charge in [0.15, 0.2) is 0 Å². The summed E-state index contributed by atoms with van der Waals surface area (Å²) < 4.78 is 11.0. The normalized spacial score (nSPS) is 16.6. The van der Waals surface area contributed by atoms with Crippen molar-refractivity contribution in [2.45, 2.75) is 23.5 Å². The first-order valence-electron chi connectivity index (χ1n) is 9.13. The molecule has 1 aliphatic rings. The molecule has 28 heavy (non-hydrogen) atoms. The van der Waals surface area contributed by atoms with Gasteiger partial charge in [0.25, 0.3) is 0 Å². The molecule has 3 aromatic rings. The summed E-state index contributed by atoms with van der Waals surface area (Å²) >= 11 is 1.90. The third-order valence-electron chi connectivity index (χ3n) is 4.67. The fraction of sp³-hybridized carbons (Fsp3) is 0.174. The fourth-order valence-corrected chi connectivity index (χ4v) is 4.46. The molecule has 0 bridgehead atoms. The van der Waals surface area contributed by atoms with Gasteiger partial charge in [-0.15, -0.1) is 11.8 Å². The molecule has 0 fully saturated rings. The highest BCUT2D eigenvalue weighted by Gasteiger charge is 2.24. The van der Waals surface area contributed by atoms with Crippen LogP contribution in [0.25, 0.3) is 0 Å². The van der Waals surface area contributed by atoms with Crippen LogP contribution in [0.1, 0.15) is 23.5 Å². The minimum atomic E-state index is -1.40. The zero-order chi connectivity index (χ0) is 19.3. The monoisotopic (exact) mass is 392 g/mol. The first-order valence-corrected chi connectivity index (χ1v) is 10.1. The largest absolute Gasteiger partial charge is 0.476 e. The Bertz CT molecular complexity index is 940. The van der Waals surface area contributed by atoms with Crippen LogP contribution in [0, 0.1) is 0 Å². The first-order chi connectivity index (χ1) is 13.7. The molecule has 4 rings (SSSR count). The highest BCUT2D eigenvalue weighted by atomic mass is 32.2. The number of carboxylic acid groups (broad SMARTS) is 1. The van der Waals surface area contributed by atoms with Crippen LogP contribution >= 0.6 is 11.8 Å². The Hall–Kier alpha value is -2.92. The molecule has 1 heterocycles. The number of benzene rings is 3. The van der Waals surface area contributed by atoms with Crippen LogP contribution in [0.15, 0.2) is 83.8 Å². The number of carbonyl (C=O) groups is 1. The lowest BCUT2D eigenvalue weighted by molar-refractivity contribution is -0.158. The van der Waals surface area contributed by atoms with Crippen molar-refractivity contribution < 1.29 is 19.4 Å². The Kier molecular flexibility index (Phi) is 5.53. The second kappa shape index (κ2) is 8.40. The molecule has 3 aromatic carbocycles. The van der Waals surface area contributed by atoms with E-state index in [2.05, 4.69) is 24.3 Å². The lowest BCUT2D eigenvalue weighted by Gasteiger charge is -2.25. The predicted molar refractivity (Wildman–Crippen MR) is 109 cm³/mol. The van der Waals surface area contributed by atoms with E-state index in [1.807, 2.05) is 42.1 Å². The minimum absolute atomic E-state index is 0.349. The van der Waals surface area contributed by atoms with Crippen molar-refractivity contribution in [1.82, 2.24) is 0 Å². The summed E-state index contributed by atoms with van der Waals surface area (Å²) in [5, 5.41) is 9.41.